The fraction of sp³-hybridized carbons (Fsp3) is 0.235. The summed E-state index contributed by atoms with van der Waals surface area (Å²) in [6, 6.07) is 13.9. The van der Waals surface area contributed by atoms with E-state index in [2.05, 4.69) is 31.3 Å². The molecule has 0 atom stereocenters. The molecule has 0 saturated carbocycles. The van der Waals surface area contributed by atoms with E-state index >= 15 is 0 Å². The molecule has 0 aliphatic rings. The summed E-state index contributed by atoms with van der Waals surface area (Å²) in [7, 11) is 0. The van der Waals surface area contributed by atoms with E-state index in [1.807, 2.05) is 24.3 Å². The molecule has 4 nitrogen and oxygen atoms in total. The summed E-state index contributed by atoms with van der Waals surface area (Å²) in [5.74, 6) is 0.00337. The molecule has 0 unspecified atom stereocenters. The fourth-order valence-electron chi connectivity index (χ4n) is 2.03. The van der Waals surface area contributed by atoms with E-state index in [0.29, 0.717) is 13.0 Å². The van der Waals surface area contributed by atoms with E-state index in [9.17, 15) is 13.6 Å². The van der Waals surface area contributed by atoms with Crippen LogP contribution in [0.3, 0.4) is 0 Å². The minimum absolute atomic E-state index is 0.118. The molecule has 0 saturated heterocycles. The van der Waals surface area contributed by atoms with Gasteiger partial charge in [-0.3, -0.25) is 4.79 Å². The average molecular weight is 399 g/mol. The predicted octanol–water partition coefficient (Wildman–Crippen LogP) is 3.82. The number of halogens is 3. The summed E-state index contributed by atoms with van der Waals surface area (Å²) in [5, 5.41) is 5.83. The maximum Gasteiger partial charge on any atom is 0.387 e. The average Bonchev–Trinajstić information content (AvgIpc) is 2.54. The number of hydrogen-bond acceptors (Lipinski definition) is 3. The quantitative estimate of drug-likeness (QED) is 0.710. The number of amides is 1. The number of carbonyl (C=O) groups is 1. The van der Waals surface area contributed by atoms with Gasteiger partial charge in [-0.05, 0) is 42.3 Å². The van der Waals surface area contributed by atoms with Crippen LogP contribution in [0.4, 0.5) is 14.5 Å². The van der Waals surface area contributed by atoms with Crippen LogP contribution in [0.25, 0.3) is 0 Å². The number of carbonyl (C=O) groups excluding carboxylic acids is 1. The Labute approximate surface area is 147 Å². The molecular formula is C17H17BrF2N2O2. The molecule has 0 aromatic heterocycles. The van der Waals surface area contributed by atoms with Gasteiger partial charge in [0.2, 0.25) is 5.91 Å². The SMILES string of the molecule is O=C(CNc1cccc(Br)c1)NCCc1ccc(OC(F)F)cc1. The van der Waals surface area contributed by atoms with Crippen molar-refractivity contribution in [1.82, 2.24) is 5.32 Å². The zero-order chi connectivity index (χ0) is 17.4. The van der Waals surface area contributed by atoms with Crippen molar-refractivity contribution in [3.63, 3.8) is 0 Å². The third-order valence-corrected chi connectivity index (χ3v) is 3.66. The molecule has 2 rings (SSSR count). The molecule has 2 aromatic carbocycles. The molecule has 24 heavy (non-hydrogen) atoms. The summed E-state index contributed by atoms with van der Waals surface area (Å²) < 4.78 is 29.3. The predicted molar refractivity (Wildman–Crippen MR) is 92.4 cm³/mol. The Hall–Kier alpha value is -2.15. The van der Waals surface area contributed by atoms with Crippen LogP contribution in [0.5, 0.6) is 5.75 Å². The third-order valence-electron chi connectivity index (χ3n) is 3.16. The Morgan fingerprint density at radius 3 is 2.58 bits per heavy atom. The Morgan fingerprint density at radius 1 is 1.17 bits per heavy atom. The Balaban J connectivity index is 1.68. The number of benzene rings is 2. The Bertz CT molecular complexity index is 666. The molecule has 0 bridgehead atoms. The maximum atomic E-state index is 12.1. The summed E-state index contributed by atoms with van der Waals surface area (Å²) in [5.41, 5.74) is 1.78. The topological polar surface area (TPSA) is 50.4 Å². The Kier molecular flexibility index (Phi) is 6.99. The second kappa shape index (κ2) is 9.22. The highest BCUT2D eigenvalue weighted by molar-refractivity contribution is 9.10. The molecule has 128 valence electrons. The number of anilines is 1. The van der Waals surface area contributed by atoms with Gasteiger partial charge in [-0.1, -0.05) is 34.1 Å². The first kappa shape index (κ1) is 18.2. The maximum absolute atomic E-state index is 12.1. The summed E-state index contributed by atoms with van der Waals surface area (Å²) in [6.07, 6.45) is 0.609. The van der Waals surface area contributed by atoms with E-state index < -0.39 is 6.61 Å². The van der Waals surface area contributed by atoms with E-state index in [4.69, 9.17) is 0 Å². The first-order valence-corrected chi connectivity index (χ1v) is 8.12. The van der Waals surface area contributed by atoms with Gasteiger partial charge in [0.15, 0.2) is 0 Å². The van der Waals surface area contributed by atoms with Crippen molar-refractivity contribution >= 4 is 27.5 Å². The highest BCUT2D eigenvalue weighted by Gasteiger charge is 2.04. The van der Waals surface area contributed by atoms with Crippen LogP contribution in [0.15, 0.2) is 53.0 Å². The van der Waals surface area contributed by atoms with Gasteiger partial charge in [-0.15, -0.1) is 0 Å². The smallest absolute Gasteiger partial charge is 0.387 e. The van der Waals surface area contributed by atoms with Crippen molar-refractivity contribution < 1.29 is 18.3 Å². The molecule has 0 fully saturated rings. The first-order valence-electron chi connectivity index (χ1n) is 7.33. The van der Waals surface area contributed by atoms with Crippen molar-refractivity contribution in [3.8, 4) is 5.75 Å². The molecule has 0 aliphatic carbocycles. The molecule has 1 amide bonds. The van der Waals surface area contributed by atoms with Gasteiger partial charge in [-0.2, -0.15) is 8.78 Å². The molecule has 7 heteroatoms. The third kappa shape index (κ3) is 6.54. The van der Waals surface area contributed by atoms with Gasteiger partial charge in [0.05, 0.1) is 6.54 Å². The number of alkyl halides is 2. The van der Waals surface area contributed by atoms with Gasteiger partial charge in [0.25, 0.3) is 0 Å². The van der Waals surface area contributed by atoms with Crippen LogP contribution in [-0.4, -0.2) is 25.6 Å². The fourth-order valence-corrected chi connectivity index (χ4v) is 2.43. The minimum Gasteiger partial charge on any atom is -0.435 e. The summed E-state index contributed by atoms with van der Waals surface area (Å²) >= 11 is 3.36. The van der Waals surface area contributed by atoms with E-state index in [1.54, 1.807) is 12.1 Å². The molecule has 0 radical (unpaired) electrons. The number of rotatable bonds is 8. The van der Waals surface area contributed by atoms with Gasteiger partial charge in [0, 0.05) is 16.7 Å². The molecule has 0 heterocycles. The molecule has 0 aliphatic heterocycles. The van der Waals surface area contributed by atoms with Crippen molar-refractivity contribution in [2.75, 3.05) is 18.4 Å². The van der Waals surface area contributed by atoms with Gasteiger partial charge in [0.1, 0.15) is 5.75 Å². The molecule has 2 N–H and O–H groups in total. The van der Waals surface area contributed by atoms with Crippen molar-refractivity contribution in [1.29, 1.82) is 0 Å². The normalized spacial score (nSPS) is 10.5. The van der Waals surface area contributed by atoms with Crippen LogP contribution >= 0.6 is 15.9 Å². The summed E-state index contributed by atoms with van der Waals surface area (Å²) in [4.78, 5) is 11.8. The van der Waals surface area contributed by atoms with Crippen molar-refractivity contribution in [3.05, 3.63) is 58.6 Å². The van der Waals surface area contributed by atoms with Crippen molar-refractivity contribution in [2.45, 2.75) is 13.0 Å². The molecular weight excluding hydrogens is 382 g/mol. The van der Waals surface area contributed by atoms with Gasteiger partial charge >= 0.3 is 6.61 Å². The second-order valence-corrected chi connectivity index (χ2v) is 5.90. The van der Waals surface area contributed by atoms with Crippen LogP contribution < -0.4 is 15.4 Å². The summed E-state index contributed by atoms with van der Waals surface area (Å²) in [6.45, 7) is -2.18. The van der Waals surface area contributed by atoms with E-state index in [-0.39, 0.29) is 18.2 Å². The molecule has 0 spiro atoms. The van der Waals surface area contributed by atoms with E-state index in [1.165, 1.54) is 12.1 Å². The minimum atomic E-state index is -2.83. The van der Waals surface area contributed by atoms with Crippen LogP contribution in [0.2, 0.25) is 0 Å². The van der Waals surface area contributed by atoms with Gasteiger partial charge in [-0.25, -0.2) is 0 Å². The zero-order valence-corrected chi connectivity index (χ0v) is 14.4. The standard InChI is InChI=1S/C17H17BrF2N2O2/c18-13-2-1-3-14(10-13)22-11-16(23)21-9-8-12-4-6-15(7-5-12)24-17(19)20/h1-7,10,17,22H,8-9,11H2,(H,21,23). The van der Waals surface area contributed by atoms with Crippen molar-refractivity contribution in [2.24, 2.45) is 0 Å². The second-order valence-electron chi connectivity index (χ2n) is 4.99. The largest absolute Gasteiger partial charge is 0.435 e. The van der Waals surface area contributed by atoms with Crippen LogP contribution in [-0.2, 0) is 11.2 Å². The highest BCUT2D eigenvalue weighted by atomic mass is 79.9. The number of hydrogen-bond donors (Lipinski definition) is 2. The lowest BCUT2D eigenvalue weighted by Crippen LogP contribution is -2.31. The Morgan fingerprint density at radius 2 is 1.92 bits per heavy atom. The van der Waals surface area contributed by atoms with Crippen LogP contribution in [0.1, 0.15) is 5.56 Å². The van der Waals surface area contributed by atoms with Gasteiger partial charge < -0.3 is 15.4 Å². The first-order chi connectivity index (χ1) is 11.5. The molecule has 2 aromatic rings. The highest BCUT2D eigenvalue weighted by Crippen LogP contribution is 2.16. The lowest BCUT2D eigenvalue weighted by molar-refractivity contribution is -0.119. The zero-order valence-electron chi connectivity index (χ0n) is 12.8. The van der Waals surface area contributed by atoms with E-state index in [0.717, 1.165) is 15.7 Å². The number of nitrogens with one attached hydrogen (secondary N) is 2. The monoisotopic (exact) mass is 398 g/mol. The van der Waals surface area contributed by atoms with Crippen LogP contribution in [0, 0.1) is 0 Å². The number of ether oxygens (including phenoxy) is 1. The lowest BCUT2D eigenvalue weighted by atomic mass is 10.1. The lowest BCUT2D eigenvalue weighted by Gasteiger charge is -2.09.